The van der Waals surface area contributed by atoms with E-state index >= 15 is 0 Å². The first-order valence-corrected chi connectivity index (χ1v) is 6.36. The van der Waals surface area contributed by atoms with E-state index in [4.69, 9.17) is 17.3 Å². The van der Waals surface area contributed by atoms with Crippen molar-refractivity contribution in [1.29, 1.82) is 0 Å². The van der Waals surface area contributed by atoms with E-state index in [0.29, 0.717) is 15.2 Å². The maximum Gasteiger partial charge on any atom is 0.433 e. The van der Waals surface area contributed by atoms with E-state index in [1.54, 1.807) is 18.2 Å². The van der Waals surface area contributed by atoms with Gasteiger partial charge in [0.05, 0.1) is 10.7 Å². The molecule has 0 radical (unpaired) electrons. The van der Waals surface area contributed by atoms with Crippen LogP contribution in [0.5, 0.6) is 0 Å². The SMILES string of the molecule is Nc1nc(Nc2cc(Br)ccc2Cl)cc(C(F)(F)F)n1. The van der Waals surface area contributed by atoms with E-state index in [-0.39, 0.29) is 5.82 Å². The zero-order chi connectivity index (χ0) is 14.9. The summed E-state index contributed by atoms with van der Waals surface area (Å²) in [7, 11) is 0. The summed E-state index contributed by atoms with van der Waals surface area (Å²) >= 11 is 9.17. The summed E-state index contributed by atoms with van der Waals surface area (Å²) in [6.45, 7) is 0. The average molecular weight is 368 g/mol. The van der Waals surface area contributed by atoms with Gasteiger partial charge in [0, 0.05) is 10.5 Å². The Kier molecular flexibility index (Phi) is 4.05. The Labute approximate surface area is 125 Å². The van der Waals surface area contributed by atoms with E-state index < -0.39 is 17.8 Å². The summed E-state index contributed by atoms with van der Waals surface area (Å²) in [5, 5.41) is 3.01. The Balaban J connectivity index is 2.39. The molecular formula is C11H7BrClF3N4. The molecule has 106 valence electrons. The minimum Gasteiger partial charge on any atom is -0.368 e. The molecule has 0 aliphatic carbocycles. The molecule has 0 saturated carbocycles. The molecule has 0 saturated heterocycles. The topological polar surface area (TPSA) is 63.8 Å². The highest BCUT2D eigenvalue weighted by Crippen LogP contribution is 2.32. The third-order valence-electron chi connectivity index (χ3n) is 2.23. The van der Waals surface area contributed by atoms with Crippen molar-refractivity contribution in [3.8, 4) is 0 Å². The third-order valence-corrected chi connectivity index (χ3v) is 3.05. The number of rotatable bonds is 2. The number of hydrogen-bond donors (Lipinski definition) is 2. The molecule has 0 aliphatic rings. The minimum absolute atomic E-state index is 0.0928. The maximum atomic E-state index is 12.6. The quantitative estimate of drug-likeness (QED) is 0.833. The van der Waals surface area contributed by atoms with Crippen LogP contribution in [0.25, 0.3) is 0 Å². The molecule has 0 unspecified atom stereocenters. The van der Waals surface area contributed by atoms with Crippen LogP contribution in [-0.2, 0) is 6.18 Å². The molecule has 0 aliphatic heterocycles. The second kappa shape index (κ2) is 5.45. The van der Waals surface area contributed by atoms with Crippen molar-refractivity contribution in [2.75, 3.05) is 11.1 Å². The van der Waals surface area contributed by atoms with Crippen LogP contribution >= 0.6 is 27.5 Å². The molecule has 0 atom stereocenters. The van der Waals surface area contributed by atoms with E-state index in [0.717, 1.165) is 6.07 Å². The fourth-order valence-electron chi connectivity index (χ4n) is 1.41. The van der Waals surface area contributed by atoms with Crippen molar-refractivity contribution in [3.63, 3.8) is 0 Å². The van der Waals surface area contributed by atoms with Crippen LogP contribution in [0, 0.1) is 0 Å². The molecule has 20 heavy (non-hydrogen) atoms. The fraction of sp³-hybridized carbons (Fsp3) is 0.0909. The summed E-state index contributed by atoms with van der Waals surface area (Å²) in [6, 6.07) is 5.65. The van der Waals surface area contributed by atoms with Crippen LogP contribution in [-0.4, -0.2) is 9.97 Å². The normalized spacial score (nSPS) is 11.4. The zero-order valence-electron chi connectivity index (χ0n) is 9.67. The lowest BCUT2D eigenvalue weighted by molar-refractivity contribution is -0.141. The van der Waals surface area contributed by atoms with Crippen molar-refractivity contribution < 1.29 is 13.2 Å². The number of aromatic nitrogens is 2. The monoisotopic (exact) mass is 366 g/mol. The second-order valence-electron chi connectivity index (χ2n) is 3.74. The number of nitrogens with zero attached hydrogens (tertiary/aromatic N) is 2. The number of hydrogen-bond acceptors (Lipinski definition) is 4. The smallest absolute Gasteiger partial charge is 0.368 e. The Morgan fingerprint density at radius 1 is 1.20 bits per heavy atom. The van der Waals surface area contributed by atoms with Gasteiger partial charge >= 0.3 is 6.18 Å². The molecule has 4 nitrogen and oxygen atoms in total. The summed E-state index contributed by atoms with van der Waals surface area (Å²) in [5.74, 6) is -0.571. The highest BCUT2D eigenvalue weighted by atomic mass is 79.9. The van der Waals surface area contributed by atoms with Gasteiger partial charge in [-0.2, -0.15) is 18.2 Å². The summed E-state index contributed by atoms with van der Waals surface area (Å²) in [5.41, 5.74) is 4.54. The van der Waals surface area contributed by atoms with Gasteiger partial charge in [-0.15, -0.1) is 0 Å². The zero-order valence-corrected chi connectivity index (χ0v) is 12.0. The van der Waals surface area contributed by atoms with Crippen molar-refractivity contribution in [2.45, 2.75) is 6.18 Å². The van der Waals surface area contributed by atoms with Crippen LogP contribution in [0.2, 0.25) is 5.02 Å². The standard InChI is InChI=1S/C11H7BrClF3N4/c12-5-1-2-6(13)7(3-5)18-9-4-8(11(14,15)16)19-10(17)20-9/h1-4H,(H3,17,18,19,20). The fourth-order valence-corrected chi connectivity index (χ4v) is 1.93. The molecule has 0 spiro atoms. The lowest BCUT2D eigenvalue weighted by Gasteiger charge is -2.11. The van der Waals surface area contributed by atoms with Crippen molar-refractivity contribution in [3.05, 3.63) is 39.5 Å². The predicted molar refractivity (Wildman–Crippen MR) is 73.9 cm³/mol. The average Bonchev–Trinajstić information content (AvgIpc) is 2.32. The highest BCUT2D eigenvalue weighted by Gasteiger charge is 2.33. The van der Waals surface area contributed by atoms with Gasteiger partial charge in [-0.05, 0) is 18.2 Å². The van der Waals surface area contributed by atoms with Gasteiger partial charge < -0.3 is 11.1 Å². The molecule has 1 aromatic heterocycles. The Morgan fingerprint density at radius 2 is 1.90 bits per heavy atom. The number of benzene rings is 1. The molecule has 3 N–H and O–H groups in total. The summed E-state index contributed by atoms with van der Waals surface area (Å²) < 4.78 is 38.6. The van der Waals surface area contributed by atoms with Crippen LogP contribution in [0.3, 0.4) is 0 Å². The van der Waals surface area contributed by atoms with E-state index in [9.17, 15) is 13.2 Å². The van der Waals surface area contributed by atoms with Gasteiger partial charge in [0.1, 0.15) is 5.82 Å². The number of alkyl halides is 3. The molecule has 1 aromatic carbocycles. The van der Waals surface area contributed by atoms with E-state index in [1.165, 1.54) is 0 Å². The number of nitrogens with two attached hydrogens (primary N) is 1. The van der Waals surface area contributed by atoms with Gasteiger partial charge in [0.25, 0.3) is 0 Å². The van der Waals surface area contributed by atoms with Gasteiger partial charge in [0.2, 0.25) is 5.95 Å². The summed E-state index contributed by atoms with van der Waals surface area (Å²) in [6.07, 6.45) is -4.60. The highest BCUT2D eigenvalue weighted by molar-refractivity contribution is 9.10. The molecule has 0 amide bonds. The molecule has 2 aromatic rings. The molecule has 2 rings (SSSR count). The first-order chi connectivity index (χ1) is 9.25. The van der Waals surface area contributed by atoms with Gasteiger partial charge in [-0.25, -0.2) is 4.98 Å². The Hall–Kier alpha value is -1.54. The number of halogens is 5. The number of nitrogens with one attached hydrogen (secondary N) is 1. The lowest BCUT2D eigenvalue weighted by atomic mass is 10.3. The van der Waals surface area contributed by atoms with Gasteiger partial charge in [-0.1, -0.05) is 27.5 Å². The van der Waals surface area contributed by atoms with E-state index in [1.807, 2.05) is 0 Å². The van der Waals surface area contributed by atoms with Crippen LogP contribution in [0.15, 0.2) is 28.7 Å². The first kappa shape index (κ1) is 14.9. The number of nitrogen functional groups attached to an aromatic ring is 1. The molecule has 0 fully saturated rings. The molecule has 0 bridgehead atoms. The lowest BCUT2D eigenvalue weighted by Crippen LogP contribution is -2.12. The minimum atomic E-state index is -4.60. The second-order valence-corrected chi connectivity index (χ2v) is 5.07. The van der Waals surface area contributed by atoms with Crippen molar-refractivity contribution >= 4 is 45.0 Å². The Bertz CT molecular complexity index is 648. The number of anilines is 3. The van der Waals surface area contributed by atoms with Gasteiger partial charge in [-0.3, -0.25) is 0 Å². The van der Waals surface area contributed by atoms with Crippen molar-refractivity contribution in [2.24, 2.45) is 0 Å². The van der Waals surface area contributed by atoms with Crippen LogP contribution < -0.4 is 11.1 Å². The largest absolute Gasteiger partial charge is 0.433 e. The summed E-state index contributed by atoms with van der Waals surface area (Å²) in [4.78, 5) is 6.84. The third kappa shape index (κ3) is 3.51. The molecule has 9 heteroatoms. The van der Waals surface area contributed by atoms with E-state index in [2.05, 4.69) is 31.2 Å². The Morgan fingerprint density at radius 3 is 2.55 bits per heavy atom. The molecule has 1 heterocycles. The van der Waals surface area contributed by atoms with Gasteiger partial charge in [0.15, 0.2) is 5.69 Å². The van der Waals surface area contributed by atoms with Crippen LogP contribution in [0.4, 0.5) is 30.6 Å². The maximum absolute atomic E-state index is 12.6. The molecular weight excluding hydrogens is 360 g/mol. The van der Waals surface area contributed by atoms with Crippen LogP contribution in [0.1, 0.15) is 5.69 Å². The van der Waals surface area contributed by atoms with Crippen molar-refractivity contribution in [1.82, 2.24) is 9.97 Å². The first-order valence-electron chi connectivity index (χ1n) is 5.19. The predicted octanol–water partition coefficient (Wildman–Crippen LogP) is 4.24.